The summed E-state index contributed by atoms with van der Waals surface area (Å²) >= 11 is 0. The van der Waals surface area contributed by atoms with Gasteiger partial charge in [-0.05, 0) is 6.07 Å². The van der Waals surface area contributed by atoms with Gasteiger partial charge in [0.1, 0.15) is 5.75 Å². The maximum Gasteiger partial charge on any atom is 0.354 e. The molecule has 0 fully saturated rings. The van der Waals surface area contributed by atoms with Crippen molar-refractivity contribution >= 4 is 37.3 Å². The summed E-state index contributed by atoms with van der Waals surface area (Å²) < 4.78 is 26.7. The number of nitrogens with one attached hydrogen (secondary N) is 1. The summed E-state index contributed by atoms with van der Waals surface area (Å²) in [7, 11) is -8.89. The third kappa shape index (κ3) is 5.55. The first-order chi connectivity index (χ1) is 16.0. The fourth-order valence-electron chi connectivity index (χ4n) is 3.49. The molecule has 3 rings (SSSR count). The highest BCUT2D eigenvalue weighted by Crippen LogP contribution is 2.55. The van der Waals surface area contributed by atoms with E-state index in [0.29, 0.717) is 15.6 Å². The first-order valence-electron chi connectivity index (χ1n) is 9.95. The SMILES string of the molecule is NC(=O)NN(C(=O)CP(=O)(c1ccccc1)c1ccccc1)C(c1ccccc1O)P(=O)(O)O. The molecule has 12 heteroatoms. The van der Waals surface area contributed by atoms with Gasteiger partial charge in [0.15, 0.2) is 12.9 Å². The fraction of sp³-hybridized carbons (Fsp3) is 0.0909. The van der Waals surface area contributed by atoms with Gasteiger partial charge in [0.2, 0.25) is 5.91 Å². The van der Waals surface area contributed by atoms with Gasteiger partial charge in [-0.1, -0.05) is 78.9 Å². The molecular formula is C22H23N3O7P2. The van der Waals surface area contributed by atoms with E-state index < -0.39 is 44.4 Å². The summed E-state index contributed by atoms with van der Waals surface area (Å²) in [6.45, 7) is 0. The van der Waals surface area contributed by atoms with Crippen LogP contribution in [0.3, 0.4) is 0 Å². The minimum absolute atomic E-state index is 0.327. The Balaban J connectivity index is 2.13. The Hall–Kier alpha value is -3.42. The predicted molar refractivity (Wildman–Crippen MR) is 127 cm³/mol. The predicted octanol–water partition coefficient (Wildman–Crippen LogP) is 1.99. The van der Waals surface area contributed by atoms with Crippen LogP contribution in [0.2, 0.25) is 0 Å². The largest absolute Gasteiger partial charge is 0.508 e. The number of hydrogen-bond acceptors (Lipinski definition) is 5. The van der Waals surface area contributed by atoms with Gasteiger partial charge in [-0.15, -0.1) is 0 Å². The van der Waals surface area contributed by atoms with E-state index in [9.17, 15) is 33.6 Å². The quantitative estimate of drug-likeness (QED) is 0.242. The third-order valence-corrected chi connectivity index (χ3v) is 9.11. The van der Waals surface area contributed by atoms with Crippen molar-refractivity contribution in [3.05, 3.63) is 90.5 Å². The number of benzene rings is 3. The van der Waals surface area contributed by atoms with Crippen LogP contribution in [0.1, 0.15) is 11.3 Å². The summed E-state index contributed by atoms with van der Waals surface area (Å²) in [4.78, 5) is 45.3. The molecular weight excluding hydrogens is 480 g/mol. The lowest BCUT2D eigenvalue weighted by Gasteiger charge is -2.33. The zero-order valence-corrected chi connectivity index (χ0v) is 19.5. The van der Waals surface area contributed by atoms with Gasteiger partial charge >= 0.3 is 13.6 Å². The highest BCUT2D eigenvalue weighted by atomic mass is 31.2. The number of carbonyl (C=O) groups is 2. The zero-order chi connectivity index (χ0) is 24.9. The minimum atomic E-state index is -5.22. The van der Waals surface area contributed by atoms with Gasteiger partial charge in [0.05, 0.1) is 6.16 Å². The molecule has 0 aliphatic carbocycles. The number of hydrazine groups is 1. The van der Waals surface area contributed by atoms with Gasteiger partial charge in [0.25, 0.3) is 0 Å². The molecule has 1 atom stereocenters. The molecule has 178 valence electrons. The Morgan fingerprint density at radius 2 is 1.32 bits per heavy atom. The number of hydrogen-bond donors (Lipinski definition) is 5. The van der Waals surface area contributed by atoms with Crippen molar-refractivity contribution in [2.75, 3.05) is 6.16 Å². The summed E-state index contributed by atoms with van der Waals surface area (Å²) in [5, 5.41) is 11.2. The third-order valence-electron chi connectivity index (χ3n) is 4.98. The number of urea groups is 1. The van der Waals surface area contributed by atoms with Crippen LogP contribution in [0.15, 0.2) is 84.9 Å². The van der Waals surface area contributed by atoms with Crippen LogP contribution in [-0.2, 0) is 13.9 Å². The molecule has 6 N–H and O–H groups in total. The molecule has 0 saturated carbocycles. The second-order valence-corrected chi connectivity index (χ2v) is 11.8. The second kappa shape index (κ2) is 10.2. The van der Waals surface area contributed by atoms with E-state index in [-0.39, 0.29) is 5.56 Å². The van der Waals surface area contributed by atoms with E-state index in [1.54, 1.807) is 60.7 Å². The molecule has 0 spiro atoms. The number of primary amides is 1. The van der Waals surface area contributed by atoms with Gasteiger partial charge in [-0.2, -0.15) is 0 Å². The molecule has 0 aliphatic heterocycles. The summed E-state index contributed by atoms with van der Waals surface area (Å²) in [6, 6.07) is 20.2. The molecule has 34 heavy (non-hydrogen) atoms. The average Bonchev–Trinajstić information content (AvgIpc) is 2.80. The Labute approximate surface area is 195 Å². The lowest BCUT2D eigenvalue weighted by atomic mass is 10.2. The van der Waals surface area contributed by atoms with Crippen molar-refractivity contribution in [1.29, 1.82) is 0 Å². The standard InChI is InChI=1S/C22H23N3O7P2/c23-22(28)24-25(21(34(30,31)32)18-13-7-8-14-19(18)26)20(27)15-33(29,16-9-3-1-4-10-16)17-11-5-2-6-12-17/h1-14,21,26H,15H2,(H3,23,24,28)(H2,30,31,32). The van der Waals surface area contributed by atoms with Gasteiger partial charge in [-0.3, -0.25) is 9.36 Å². The minimum Gasteiger partial charge on any atom is -0.508 e. The number of nitrogens with zero attached hydrogens (tertiary/aromatic N) is 1. The van der Waals surface area contributed by atoms with Crippen molar-refractivity contribution in [1.82, 2.24) is 10.4 Å². The van der Waals surface area contributed by atoms with Gasteiger partial charge in [-0.25, -0.2) is 15.2 Å². The van der Waals surface area contributed by atoms with E-state index in [0.717, 1.165) is 0 Å². The van der Waals surface area contributed by atoms with Gasteiger partial charge in [0, 0.05) is 16.2 Å². The van der Waals surface area contributed by atoms with Gasteiger partial charge < -0.3 is 25.2 Å². The molecule has 1 unspecified atom stereocenters. The molecule has 0 bridgehead atoms. The van der Waals surface area contributed by atoms with Crippen LogP contribution in [0.5, 0.6) is 5.75 Å². The lowest BCUT2D eigenvalue weighted by Crippen LogP contribution is -2.51. The number of aromatic hydroxyl groups is 1. The number of rotatable bonds is 7. The highest BCUT2D eigenvalue weighted by molar-refractivity contribution is 7.79. The molecule has 0 radical (unpaired) electrons. The molecule has 0 heterocycles. The number of amides is 3. The number of nitrogens with two attached hydrogens (primary N) is 1. The van der Waals surface area contributed by atoms with Crippen LogP contribution in [-0.4, -0.2) is 38.0 Å². The van der Waals surface area contributed by atoms with Crippen molar-refractivity contribution in [2.45, 2.75) is 5.78 Å². The first kappa shape index (κ1) is 25.2. The van der Waals surface area contributed by atoms with E-state index in [1.165, 1.54) is 24.3 Å². The average molecular weight is 503 g/mol. The van der Waals surface area contributed by atoms with Crippen molar-refractivity contribution in [2.24, 2.45) is 5.73 Å². The van der Waals surface area contributed by atoms with Crippen LogP contribution >= 0.6 is 14.7 Å². The lowest BCUT2D eigenvalue weighted by molar-refractivity contribution is -0.132. The maximum absolute atomic E-state index is 14.3. The fourth-order valence-corrected chi connectivity index (χ4v) is 7.06. The molecule has 3 aromatic rings. The summed E-state index contributed by atoms with van der Waals surface area (Å²) in [5.74, 6) is -3.71. The topological polar surface area (TPSA) is 170 Å². The Kier molecular flexibility index (Phi) is 7.59. The number of phenolic OH excluding ortho intramolecular Hbond substituents is 1. The van der Waals surface area contributed by atoms with E-state index in [1.807, 2.05) is 5.43 Å². The van der Waals surface area contributed by atoms with E-state index in [4.69, 9.17) is 5.73 Å². The molecule has 0 aromatic heterocycles. The van der Waals surface area contributed by atoms with Crippen LogP contribution in [0, 0.1) is 0 Å². The van der Waals surface area contributed by atoms with Crippen LogP contribution < -0.4 is 21.8 Å². The summed E-state index contributed by atoms with van der Waals surface area (Å²) in [5.41, 5.74) is 6.79. The molecule has 10 nitrogen and oxygen atoms in total. The van der Waals surface area contributed by atoms with Crippen LogP contribution in [0.25, 0.3) is 0 Å². The molecule has 3 aromatic carbocycles. The maximum atomic E-state index is 14.3. The summed E-state index contributed by atoms with van der Waals surface area (Å²) in [6.07, 6.45) is -0.717. The normalized spacial score (nSPS) is 12.5. The van der Waals surface area contributed by atoms with E-state index in [2.05, 4.69) is 0 Å². The molecule has 0 aliphatic rings. The number of phenols is 1. The number of para-hydroxylation sites is 1. The van der Waals surface area contributed by atoms with Crippen molar-refractivity contribution in [3.63, 3.8) is 0 Å². The second-order valence-electron chi connectivity index (χ2n) is 7.33. The Morgan fingerprint density at radius 1 is 0.853 bits per heavy atom. The number of carbonyl (C=O) groups excluding carboxylic acids is 2. The highest BCUT2D eigenvalue weighted by Gasteiger charge is 2.43. The Morgan fingerprint density at radius 3 is 1.76 bits per heavy atom. The van der Waals surface area contributed by atoms with Crippen LogP contribution in [0.4, 0.5) is 4.79 Å². The monoisotopic (exact) mass is 503 g/mol. The first-order valence-corrected chi connectivity index (χ1v) is 13.5. The smallest absolute Gasteiger partial charge is 0.354 e. The molecule has 3 amide bonds. The zero-order valence-electron chi connectivity index (χ0n) is 17.8. The van der Waals surface area contributed by atoms with Crippen molar-refractivity contribution in [3.8, 4) is 5.75 Å². The Bertz CT molecular complexity index is 1220. The van der Waals surface area contributed by atoms with Crippen molar-refractivity contribution < 1.29 is 33.6 Å². The van der Waals surface area contributed by atoms with E-state index >= 15 is 0 Å². The molecule has 0 saturated heterocycles.